The Balaban J connectivity index is 2.03. The van der Waals surface area contributed by atoms with Crippen molar-refractivity contribution in [2.75, 3.05) is 0 Å². The minimum absolute atomic E-state index is 0.207. The monoisotopic (exact) mass is 357 g/mol. The molecule has 0 bridgehead atoms. The predicted octanol–water partition coefficient (Wildman–Crippen LogP) is 4.07. The molecule has 0 radical (unpaired) electrons. The van der Waals surface area contributed by atoms with Gasteiger partial charge < -0.3 is 0 Å². The van der Waals surface area contributed by atoms with Crippen molar-refractivity contribution in [3.8, 4) is 0 Å². The summed E-state index contributed by atoms with van der Waals surface area (Å²) in [6.07, 6.45) is -1.17. The summed E-state index contributed by atoms with van der Waals surface area (Å²) in [5.41, 5.74) is -0.284. The summed E-state index contributed by atoms with van der Waals surface area (Å²) < 4.78 is 41.6. The fourth-order valence-electron chi connectivity index (χ4n) is 2.40. The normalized spacial score (nSPS) is 20.9. The molecule has 110 valence electrons. The second kappa shape index (κ2) is 4.98. The van der Waals surface area contributed by atoms with Crippen LogP contribution >= 0.6 is 15.9 Å². The average molecular weight is 358 g/mol. The van der Waals surface area contributed by atoms with Gasteiger partial charge in [0.1, 0.15) is 17.1 Å². The summed E-state index contributed by atoms with van der Waals surface area (Å²) >= 11 is 3.30. The van der Waals surface area contributed by atoms with Gasteiger partial charge in [-0.2, -0.15) is 5.10 Å². The third-order valence-electron chi connectivity index (χ3n) is 3.50. The van der Waals surface area contributed by atoms with Crippen molar-refractivity contribution in [3.63, 3.8) is 0 Å². The summed E-state index contributed by atoms with van der Waals surface area (Å²) in [5.74, 6) is -0.387. The quantitative estimate of drug-likeness (QED) is 0.796. The highest BCUT2D eigenvalue weighted by Gasteiger charge is 2.33. The van der Waals surface area contributed by atoms with Crippen LogP contribution in [0.2, 0.25) is 0 Å². The highest BCUT2D eigenvalue weighted by molar-refractivity contribution is 9.10. The van der Waals surface area contributed by atoms with Gasteiger partial charge in [-0.15, -0.1) is 0 Å². The number of nitrogens with zero attached hydrogens (tertiary/aromatic N) is 3. The average Bonchev–Trinajstić information content (AvgIpc) is 2.84. The fraction of sp³-hybridized carbons (Fsp3) is 0.286. The molecule has 1 atom stereocenters. The van der Waals surface area contributed by atoms with E-state index in [1.807, 2.05) is 0 Å². The zero-order valence-electron chi connectivity index (χ0n) is 11.0. The van der Waals surface area contributed by atoms with Crippen LogP contribution in [0.4, 0.5) is 13.2 Å². The first-order valence-electron chi connectivity index (χ1n) is 6.26. The van der Waals surface area contributed by atoms with E-state index in [4.69, 9.17) is 0 Å². The summed E-state index contributed by atoms with van der Waals surface area (Å²) in [6.45, 7) is 1.96. The lowest BCUT2D eigenvalue weighted by atomic mass is 9.91. The van der Waals surface area contributed by atoms with Crippen molar-refractivity contribution in [1.29, 1.82) is 0 Å². The molecular weight excluding hydrogens is 347 g/mol. The van der Waals surface area contributed by atoms with Crippen LogP contribution in [0.3, 0.4) is 0 Å². The van der Waals surface area contributed by atoms with Crippen molar-refractivity contribution in [2.24, 2.45) is 4.99 Å². The Morgan fingerprint density at radius 1 is 1.33 bits per heavy atom. The van der Waals surface area contributed by atoms with Gasteiger partial charge in [-0.1, -0.05) is 15.9 Å². The van der Waals surface area contributed by atoms with E-state index in [0.29, 0.717) is 11.3 Å². The standard InChI is InChI=1S/C14H11BrF3N3/c1-14(10-4-8(15)2-3-11(10)16)7-21-9(6-19-14)5-12(20-21)13(17)18/h2-6,13H,7H2,1H3/t14-/m0/s1. The first-order chi connectivity index (χ1) is 9.89. The van der Waals surface area contributed by atoms with E-state index in [2.05, 4.69) is 26.0 Å². The molecule has 0 spiro atoms. The van der Waals surface area contributed by atoms with Crippen LogP contribution in [0.5, 0.6) is 0 Å². The molecule has 3 nitrogen and oxygen atoms in total. The molecule has 1 aromatic carbocycles. The fourth-order valence-corrected chi connectivity index (χ4v) is 2.76. The molecule has 1 aliphatic heterocycles. The van der Waals surface area contributed by atoms with E-state index in [1.54, 1.807) is 19.1 Å². The second-order valence-electron chi connectivity index (χ2n) is 5.11. The van der Waals surface area contributed by atoms with E-state index >= 15 is 0 Å². The Kier molecular flexibility index (Phi) is 3.39. The zero-order chi connectivity index (χ0) is 15.2. The minimum atomic E-state index is -2.63. The number of halogens is 4. The maximum Gasteiger partial charge on any atom is 0.282 e. The second-order valence-corrected chi connectivity index (χ2v) is 6.02. The number of hydrogen-bond acceptors (Lipinski definition) is 2. The van der Waals surface area contributed by atoms with Crippen molar-refractivity contribution < 1.29 is 13.2 Å². The molecule has 0 fully saturated rings. The molecule has 1 aliphatic rings. The first kappa shape index (κ1) is 14.3. The number of rotatable bonds is 2. The van der Waals surface area contributed by atoms with Crippen LogP contribution in [0, 0.1) is 5.82 Å². The van der Waals surface area contributed by atoms with Crippen LogP contribution < -0.4 is 0 Å². The SMILES string of the molecule is C[C@@]1(c2cc(Br)ccc2F)Cn2nc(C(F)F)cc2C=N1. The van der Waals surface area contributed by atoms with Crippen LogP contribution in [-0.2, 0) is 12.1 Å². The zero-order valence-corrected chi connectivity index (χ0v) is 12.6. The minimum Gasteiger partial charge on any atom is -0.278 e. The van der Waals surface area contributed by atoms with Gasteiger partial charge in [0.25, 0.3) is 6.43 Å². The molecule has 21 heavy (non-hydrogen) atoms. The van der Waals surface area contributed by atoms with E-state index in [1.165, 1.54) is 23.0 Å². The number of alkyl halides is 2. The van der Waals surface area contributed by atoms with Gasteiger partial charge in [-0.05, 0) is 31.2 Å². The number of aromatic nitrogens is 2. The molecule has 0 N–H and O–H groups in total. The Morgan fingerprint density at radius 2 is 2.10 bits per heavy atom. The first-order valence-corrected chi connectivity index (χ1v) is 7.05. The Hall–Kier alpha value is -1.63. The van der Waals surface area contributed by atoms with Gasteiger partial charge in [-0.25, -0.2) is 13.2 Å². The van der Waals surface area contributed by atoms with Gasteiger partial charge in [0.05, 0.1) is 12.2 Å². The van der Waals surface area contributed by atoms with Crippen LogP contribution in [-0.4, -0.2) is 16.0 Å². The highest BCUT2D eigenvalue weighted by Crippen LogP contribution is 2.34. The maximum atomic E-state index is 14.1. The largest absolute Gasteiger partial charge is 0.282 e. The van der Waals surface area contributed by atoms with E-state index < -0.39 is 12.0 Å². The van der Waals surface area contributed by atoms with Crippen LogP contribution in [0.1, 0.15) is 30.3 Å². The van der Waals surface area contributed by atoms with Crippen LogP contribution in [0.15, 0.2) is 33.7 Å². The lowest BCUT2D eigenvalue weighted by Gasteiger charge is -2.29. The lowest BCUT2D eigenvalue weighted by molar-refractivity contribution is 0.144. The Labute approximate surface area is 127 Å². The van der Waals surface area contributed by atoms with Crippen molar-refractivity contribution >= 4 is 22.1 Å². The molecule has 1 aromatic heterocycles. The molecule has 3 rings (SSSR count). The summed E-state index contributed by atoms with van der Waals surface area (Å²) in [4.78, 5) is 4.36. The predicted molar refractivity (Wildman–Crippen MR) is 76.2 cm³/mol. The van der Waals surface area contributed by atoms with Gasteiger partial charge >= 0.3 is 0 Å². The van der Waals surface area contributed by atoms with Crippen molar-refractivity contribution in [3.05, 3.63) is 51.5 Å². The van der Waals surface area contributed by atoms with E-state index in [-0.39, 0.29) is 18.1 Å². The molecule has 0 unspecified atom stereocenters. The van der Waals surface area contributed by atoms with Gasteiger partial charge in [0.2, 0.25) is 0 Å². The molecule has 0 amide bonds. The lowest BCUT2D eigenvalue weighted by Crippen LogP contribution is -2.32. The summed E-state index contributed by atoms with van der Waals surface area (Å²) in [7, 11) is 0. The summed E-state index contributed by atoms with van der Waals surface area (Å²) in [6, 6.07) is 5.90. The maximum absolute atomic E-state index is 14.1. The number of aliphatic imine (C=N–C) groups is 1. The number of hydrogen-bond donors (Lipinski definition) is 0. The van der Waals surface area contributed by atoms with Crippen molar-refractivity contribution in [2.45, 2.75) is 25.4 Å². The van der Waals surface area contributed by atoms with E-state index in [9.17, 15) is 13.2 Å². The van der Waals surface area contributed by atoms with E-state index in [0.717, 1.165) is 4.47 Å². The Bertz CT molecular complexity index is 726. The molecule has 0 saturated carbocycles. The molecule has 0 saturated heterocycles. The third-order valence-corrected chi connectivity index (χ3v) is 3.99. The molecule has 2 aromatic rings. The summed E-state index contributed by atoms with van der Waals surface area (Å²) in [5, 5.41) is 3.86. The van der Waals surface area contributed by atoms with Gasteiger partial charge in [-0.3, -0.25) is 9.67 Å². The van der Waals surface area contributed by atoms with Crippen molar-refractivity contribution in [1.82, 2.24) is 9.78 Å². The van der Waals surface area contributed by atoms with Gasteiger partial charge in [0.15, 0.2) is 0 Å². The topological polar surface area (TPSA) is 30.2 Å². The molecular formula is C14H11BrF3N3. The number of fused-ring (bicyclic) bond motifs is 1. The van der Waals surface area contributed by atoms with Gasteiger partial charge in [0, 0.05) is 16.3 Å². The Morgan fingerprint density at radius 3 is 2.81 bits per heavy atom. The number of benzene rings is 1. The van der Waals surface area contributed by atoms with Crippen LogP contribution in [0.25, 0.3) is 0 Å². The smallest absolute Gasteiger partial charge is 0.278 e. The highest BCUT2D eigenvalue weighted by atomic mass is 79.9. The molecule has 2 heterocycles. The molecule has 0 aliphatic carbocycles. The third kappa shape index (κ3) is 2.50. The molecule has 7 heteroatoms.